The zero-order valence-corrected chi connectivity index (χ0v) is 17.5. The first kappa shape index (κ1) is 23.2. The van der Waals surface area contributed by atoms with Crippen molar-refractivity contribution < 1.29 is 27.4 Å². The van der Waals surface area contributed by atoms with E-state index in [-0.39, 0.29) is 29.8 Å². The Hall–Kier alpha value is -3.47. The van der Waals surface area contributed by atoms with Crippen molar-refractivity contribution in [3.05, 3.63) is 72.8 Å². The Morgan fingerprint density at radius 2 is 1.81 bits per heavy atom. The second-order valence-corrected chi connectivity index (χ2v) is 7.22. The molecule has 1 amide bonds. The van der Waals surface area contributed by atoms with Crippen molar-refractivity contribution in [1.29, 1.82) is 0 Å². The van der Waals surface area contributed by atoms with Crippen LogP contribution in [0.25, 0.3) is 0 Å². The average molecular weight is 464 g/mol. The summed E-state index contributed by atoms with van der Waals surface area (Å²) in [6.45, 7) is 1.32. The van der Waals surface area contributed by atoms with E-state index >= 15 is 0 Å². The van der Waals surface area contributed by atoms with Gasteiger partial charge in [0.2, 0.25) is 5.91 Å². The maximum Gasteiger partial charge on any atom is 0.387 e. The first-order valence-corrected chi connectivity index (χ1v) is 10.3. The number of aromatic nitrogens is 3. The number of carbonyl (C=O) groups is 1. The van der Waals surface area contributed by atoms with Crippen molar-refractivity contribution in [3.63, 3.8) is 0 Å². The number of hydrogen-bond donors (Lipinski definition) is 1. The summed E-state index contributed by atoms with van der Waals surface area (Å²) in [5, 5.41) is 11.4. The van der Waals surface area contributed by atoms with Crippen molar-refractivity contribution in [1.82, 2.24) is 14.8 Å². The van der Waals surface area contributed by atoms with E-state index in [1.807, 2.05) is 0 Å². The minimum Gasteiger partial charge on any atom is -0.486 e. The van der Waals surface area contributed by atoms with Gasteiger partial charge < -0.3 is 14.8 Å². The first-order valence-electron chi connectivity index (χ1n) is 9.33. The molecule has 1 heterocycles. The Bertz CT molecular complexity index is 1040. The molecule has 0 bridgehead atoms. The van der Waals surface area contributed by atoms with Gasteiger partial charge in [0.15, 0.2) is 11.0 Å². The van der Waals surface area contributed by atoms with Crippen LogP contribution in [-0.2, 0) is 17.9 Å². The van der Waals surface area contributed by atoms with Gasteiger partial charge >= 0.3 is 6.61 Å². The molecular weight excluding hydrogens is 445 g/mol. The number of thioether (sulfide) groups is 1. The minimum absolute atomic E-state index is 0.000265. The van der Waals surface area contributed by atoms with E-state index in [0.29, 0.717) is 29.0 Å². The standard InChI is InChI=1S/C21H19F3N4O3S/c1-2-11-28-18(12-30-16-7-3-14(22)4-8-16)26-27-21(28)32-13-19(29)25-15-5-9-17(10-6-15)31-20(23)24/h2-10,20H,1,11-13H2,(H,25,29). The molecule has 168 valence electrons. The summed E-state index contributed by atoms with van der Waals surface area (Å²) in [7, 11) is 0. The van der Waals surface area contributed by atoms with Gasteiger partial charge in [-0.05, 0) is 48.5 Å². The number of amides is 1. The van der Waals surface area contributed by atoms with Gasteiger partial charge in [0.05, 0.1) is 5.75 Å². The monoisotopic (exact) mass is 464 g/mol. The summed E-state index contributed by atoms with van der Waals surface area (Å²) in [4.78, 5) is 12.2. The predicted molar refractivity (Wildman–Crippen MR) is 113 cm³/mol. The number of halogens is 3. The zero-order chi connectivity index (χ0) is 22.9. The molecule has 1 aromatic heterocycles. The highest BCUT2D eigenvalue weighted by Crippen LogP contribution is 2.21. The van der Waals surface area contributed by atoms with Gasteiger partial charge in [0.25, 0.3) is 0 Å². The van der Waals surface area contributed by atoms with E-state index in [2.05, 4.69) is 26.8 Å². The molecule has 0 saturated heterocycles. The molecule has 0 aliphatic heterocycles. The van der Waals surface area contributed by atoms with Crippen molar-refractivity contribution in [2.45, 2.75) is 24.9 Å². The lowest BCUT2D eigenvalue weighted by Gasteiger charge is -2.10. The average Bonchev–Trinajstić information content (AvgIpc) is 3.15. The van der Waals surface area contributed by atoms with Gasteiger partial charge in [0, 0.05) is 12.2 Å². The molecule has 0 fully saturated rings. The van der Waals surface area contributed by atoms with Gasteiger partial charge in [-0.1, -0.05) is 17.8 Å². The lowest BCUT2D eigenvalue weighted by atomic mass is 10.3. The molecule has 0 radical (unpaired) electrons. The molecule has 0 aliphatic carbocycles. The predicted octanol–water partition coefficient (Wildman–Crippen LogP) is 4.51. The van der Waals surface area contributed by atoms with Crippen molar-refractivity contribution >= 4 is 23.4 Å². The number of carbonyl (C=O) groups excluding carboxylic acids is 1. The Kier molecular flexibility index (Phi) is 8.14. The van der Waals surface area contributed by atoms with Crippen LogP contribution in [0.5, 0.6) is 11.5 Å². The summed E-state index contributed by atoms with van der Waals surface area (Å²) >= 11 is 1.17. The van der Waals surface area contributed by atoms with Crippen LogP contribution in [0.1, 0.15) is 5.82 Å². The Morgan fingerprint density at radius 3 is 2.47 bits per heavy atom. The van der Waals surface area contributed by atoms with Crippen LogP contribution in [0, 0.1) is 5.82 Å². The Balaban J connectivity index is 1.56. The number of nitrogens with zero attached hydrogens (tertiary/aromatic N) is 3. The molecule has 0 spiro atoms. The molecule has 0 atom stereocenters. The fourth-order valence-electron chi connectivity index (χ4n) is 2.57. The second-order valence-electron chi connectivity index (χ2n) is 6.28. The SMILES string of the molecule is C=CCn1c(COc2ccc(F)cc2)nnc1SCC(=O)Nc1ccc(OC(F)F)cc1. The van der Waals surface area contributed by atoms with E-state index in [9.17, 15) is 18.0 Å². The summed E-state index contributed by atoms with van der Waals surface area (Å²) in [5.74, 6) is 0.380. The number of rotatable bonds is 11. The molecule has 2 aromatic carbocycles. The van der Waals surface area contributed by atoms with Gasteiger partial charge in [-0.3, -0.25) is 9.36 Å². The maximum absolute atomic E-state index is 13.0. The maximum atomic E-state index is 13.0. The fraction of sp³-hybridized carbons (Fsp3) is 0.190. The smallest absolute Gasteiger partial charge is 0.387 e. The molecule has 1 N–H and O–H groups in total. The third kappa shape index (κ3) is 6.77. The summed E-state index contributed by atoms with van der Waals surface area (Å²) < 4.78 is 49.0. The van der Waals surface area contributed by atoms with Crippen LogP contribution in [0.3, 0.4) is 0 Å². The van der Waals surface area contributed by atoms with E-state index in [1.54, 1.807) is 10.6 Å². The number of benzene rings is 2. The summed E-state index contributed by atoms with van der Waals surface area (Å²) in [6.07, 6.45) is 1.66. The van der Waals surface area contributed by atoms with Crippen LogP contribution < -0.4 is 14.8 Å². The van der Waals surface area contributed by atoms with Crippen LogP contribution in [0.2, 0.25) is 0 Å². The summed E-state index contributed by atoms with van der Waals surface area (Å²) in [5.41, 5.74) is 0.443. The normalized spacial score (nSPS) is 10.8. The second kappa shape index (κ2) is 11.2. The molecule has 7 nitrogen and oxygen atoms in total. The third-order valence-electron chi connectivity index (χ3n) is 3.98. The minimum atomic E-state index is -2.91. The van der Waals surface area contributed by atoms with Gasteiger partial charge in [-0.15, -0.1) is 16.8 Å². The molecule has 3 aromatic rings. The van der Waals surface area contributed by atoms with E-state index in [0.717, 1.165) is 0 Å². The molecule has 32 heavy (non-hydrogen) atoms. The van der Waals surface area contributed by atoms with E-state index in [4.69, 9.17) is 4.74 Å². The molecule has 11 heteroatoms. The molecule has 3 rings (SSSR count). The van der Waals surface area contributed by atoms with Crippen LogP contribution >= 0.6 is 11.8 Å². The number of hydrogen-bond acceptors (Lipinski definition) is 6. The molecule has 0 aliphatic rings. The highest BCUT2D eigenvalue weighted by Gasteiger charge is 2.14. The quantitative estimate of drug-likeness (QED) is 0.332. The molecular formula is C21H19F3N4O3S. The molecule has 0 unspecified atom stereocenters. The number of ether oxygens (including phenoxy) is 2. The Labute approximate surface area is 186 Å². The van der Waals surface area contributed by atoms with Crippen molar-refractivity contribution in [2.75, 3.05) is 11.1 Å². The van der Waals surface area contributed by atoms with Crippen molar-refractivity contribution in [2.24, 2.45) is 0 Å². The van der Waals surface area contributed by atoms with Crippen LogP contribution in [-0.4, -0.2) is 33.0 Å². The topological polar surface area (TPSA) is 78.3 Å². The largest absolute Gasteiger partial charge is 0.486 e. The van der Waals surface area contributed by atoms with E-state index in [1.165, 1.54) is 60.3 Å². The van der Waals surface area contributed by atoms with Gasteiger partial charge in [-0.2, -0.15) is 8.78 Å². The van der Waals surface area contributed by atoms with Gasteiger partial charge in [0.1, 0.15) is 23.9 Å². The highest BCUT2D eigenvalue weighted by molar-refractivity contribution is 7.99. The van der Waals surface area contributed by atoms with E-state index < -0.39 is 6.61 Å². The zero-order valence-electron chi connectivity index (χ0n) is 16.7. The number of anilines is 1. The Morgan fingerprint density at radius 1 is 1.12 bits per heavy atom. The third-order valence-corrected chi connectivity index (χ3v) is 4.95. The number of alkyl halides is 2. The fourth-order valence-corrected chi connectivity index (χ4v) is 3.34. The number of nitrogens with one attached hydrogen (secondary N) is 1. The van der Waals surface area contributed by atoms with Gasteiger partial charge in [-0.25, -0.2) is 4.39 Å². The molecule has 0 saturated carbocycles. The highest BCUT2D eigenvalue weighted by atomic mass is 32.2. The summed E-state index contributed by atoms with van der Waals surface area (Å²) in [6, 6.07) is 11.2. The first-order chi connectivity index (χ1) is 15.4. The van der Waals surface area contributed by atoms with Crippen LogP contribution in [0.15, 0.2) is 66.3 Å². The van der Waals surface area contributed by atoms with Crippen molar-refractivity contribution in [3.8, 4) is 11.5 Å². The lowest BCUT2D eigenvalue weighted by molar-refractivity contribution is -0.113. The number of allylic oxidation sites excluding steroid dienone is 1. The lowest BCUT2D eigenvalue weighted by Crippen LogP contribution is -2.15. The van der Waals surface area contributed by atoms with Crippen LogP contribution in [0.4, 0.5) is 18.9 Å².